The maximum atomic E-state index is 15.2. The number of nitrogens with one attached hydrogen (secondary N) is 1. The monoisotopic (exact) mass is 633 g/mol. The van der Waals surface area contributed by atoms with E-state index in [4.69, 9.17) is 21.4 Å². The summed E-state index contributed by atoms with van der Waals surface area (Å²) in [5, 5.41) is 9.58. The van der Waals surface area contributed by atoms with E-state index in [1.165, 1.54) is 42.5 Å². The molecule has 0 aliphatic heterocycles. The van der Waals surface area contributed by atoms with Gasteiger partial charge in [-0.05, 0) is 0 Å². The maximum absolute atomic E-state index is 15.2. The van der Waals surface area contributed by atoms with Crippen molar-refractivity contribution in [2.24, 2.45) is 0 Å². The summed E-state index contributed by atoms with van der Waals surface area (Å²) in [5.41, 5.74) is -0.196. The first kappa shape index (κ1) is 21.4. The van der Waals surface area contributed by atoms with E-state index in [2.05, 4.69) is 18.0 Å². The Hall–Kier alpha value is -2.85. The number of anilines is 1. The Morgan fingerprint density at radius 3 is 2.81 bits per heavy atom. The fraction of sp³-hybridized carbons (Fsp3) is 0.0526. The van der Waals surface area contributed by atoms with Crippen LogP contribution in [0.15, 0.2) is 43.1 Å². The summed E-state index contributed by atoms with van der Waals surface area (Å²) in [6.45, 7) is 0. The van der Waals surface area contributed by atoms with Crippen LogP contribution >= 0.6 is 11.6 Å². The zero-order chi connectivity index (χ0) is 22.1. The van der Waals surface area contributed by atoms with E-state index in [1.54, 1.807) is 6.07 Å². The van der Waals surface area contributed by atoms with Crippen molar-refractivity contribution in [3.05, 3.63) is 65.5 Å². The molecule has 0 saturated carbocycles. The number of carbonyl (C=O) groups is 1. The van der Waals surface area contributed by atoms with Crippen LogP contribution in [0.1, 0.15) is 10.5 Å². The molecule has 0 bridgehead atoms. The topological polar surface area (TPSA) is 102 Å². The average molecular weight is 632 g/mol. The third-order valence-electron chi connectivity index (χ3n) is 4.52. The molecule has 31 heavy (non-hydrogen) atoms. The number of halogens is 3. The Morgan fingerprint density at radius 2 is 2.06 bits per heavy atom. The molecule has 0 saturated heterocycles. The predicted molar refractivity (Wildman–Crippen MR) is 104 cm³/mol. The number of hydrogen-bond donors (Lipinski definition) is 2. The van der Waals surface area contributed by atoms with Crippen molar-refractivity contribution in [3.63, 3.8) is 0 Å². The Balaban J connectivity index is 1.69. The molecule has 8 nitrogen and oxygen atoms in total. The number of hydrogen-bond acceptors (Lipinski definition) is 6. The molecule has 4 aromatic rings. The Morgan fingerprint density at radius 1 is 1.26 bits per heavy atom. The van der Waals surface area contributed by atoms with Crippen molar-refractivity contribution in [2.45, 2.75) is 0 Å². The average Bonchev–Trinajstić information content (AvgIpc) is 3.17. The summed E-state index contributed by atoms with van der Waals surface area (Å²) < 4.78 is 40.2. The van der Waals surface area contributed by atoms with Gasteiger partial charge >= 0.3 is 192 Å². The van der Waals surface area contributed by atoms with Crippen LogP contribution in [0.25, 0.3) is 16.8 Å². The van der Waals surface area contributed by atoms with Crippen LogP contribution in [0.5, 0.6) is 5.88 Å². The van der Waals surface area contributed by atoms with E-state index in [9.17, 15) is 9.18 Å². The molecule has 0 unspecified atom stereocenters. The van der Waals surface area contributed by atoms with Crippen molar-refractivity contribution in [3.8, 4) is 17.1 Å². The molecular formula is C19H12ClF2HgN5O3. The molecule has 0 atom stereocenters. The number of aromatic carboxylic acids is 1. The quantitative estimate of drug-likeness (QED) is 0.315. The van der Waals surface area contributed by atoms with Crippen LogP contribution in [0.2, 0.25) is 5.02 Å². The number of nitrogens with zero attached hydrogens (tertiary/aromatic N) is 4. The van der Waals surface area contributed by atoms with Crippen molar-refractivity contribution in [1.29, 1.82) is 0 Å². The van der Waals surface area contributed by atoms with Gasteiger partial charge in [0.2, 0.25) is 0 Å². The second-order valence-corrected chi connectivity index (χ2v) is 12.6. The normalized spacial score (nSPS) is 10.7. The molecule has 12 heteroatoms. The van der Waals surface area contributed by atoms with Gasteiger partial charge in [-0.1, -0.05) is 0 Å². The number of benzene rings is 1. The number of ether oxygens (including phenoxy) is 1. The number of fused-ring (bicyclic) bond motifs is 1. The molecule has 2 N–H and O–H groups in total. The van der Waals surface area contributed by atoms with E-state index in [-0.39, 0.29) is 28.2 Å². The van der Waals surface area contributed by atoms with Crippen molar-refractivity contribution >= 4 is 31.8 Å². The van der Waals surface area contributed by atoms with Crippen molar-refractivity contribution in [1.82, 2.24) is 19.4 Å². The predicted octanol–water partition coefficient (Wildman–Crippen LogP) is 3.16. The van der Waals surface area contributed by atoms with Crippen LogP contribution in [0.4, 0.5) is 14.5 Å². The zero-order valence-electron chi connectivity index (χ0n) is 15.9. The van der Waals surface area contributed by atoms with E-state index >= 15 is 4.39 Å². The molecular weight excluding hydrogens is 620 g/mol. The SMILES string of the molecule is COc1ncc(Cl)c[c]1[Hg][NH]c1ccc(F)c(-c2cn3cnc(C(=O)O)c3cn2)c1F. The zero-order valence-corrected chi connectivity index (χ0v) is 22.2. The van der Waals surface area contributed by atoms with Crippen LogP contribution in [-0.2, 0) is 24.9 Å². The van der Waals surface area contributed by atoms with Crippen LogP contribution in [-0.4, -0.2) is 37.5 Å². The Kier molecular flexibility index (Phi) is 6.01. The van der Waals surface area contributed by atoms with Crippen molar-refractivity contribution in [2.75, 3.05) is 10.2 Å². The van der Waals surface area contributed by atoms with Gasteiger partial charge in [0.05, 0.1) is 0 Å². The number of methoxy groups -OCH3 is 1. The number of rotatable bonds is 6. The van der Waals surface area contributed by atoms with Gasteiger partial charge in [0, 0.05) is 0 Å². The van der Waals surface area contributed by atoms with E-state index in [1.807, 2.05) is 0 Å². The summed E-state index contributed by atoms with van der Waals surface area (Å²) in [6, 6.07) is 4.18. The van der Waals surface area contributed by atoms with E-state index < -0.39 is 42.5 Å². The third-order valence-corrected chi connectivity index (χ3v) is 10.3. The fourth-order valence-electron chi connectivity index (χ4n) is 3.08. The van der Waals surface area contributed by atoms with Crippen LogP contribution < -0.4 is 10.9 Å². The summed E-state index contributed by atoms with van der Waals surface area (Å²) in [7, 11) is 1.48. The summed E-state index contributed by atoms with van der Waals surface area (Å²) in [6.07, 6.45) is 5.25. The first-order valence-electron chi connectivity index (χ1n) is 8.85. The van der Waals surface area contributed by atoms with Gasteiger partial charge in [0.1, 0.15) is 0 Å². The minimum atomic E-state index is -2.19. The number of pyridine rings is 1. The summed E-state index contributed by atoms with van der Waals surface area (Å²) in [5.74, 6) is -2.41. The van der Waals surface area contributed by atoms with Gasteiger partial charge < -0.3 is 0 Å². The van der Waals surface area contributed by atoms with E-state index in [0.29, 0.717) is 10.9 Å². The molecule has 3 aromatic heterocycles. The van der Waals surface area contributed by atoms with Gasteiger partial charge in [-0.15, -0.1) is 0 Å². The summed E-state index contributed by atoms with van der Waals surface area (Å²) >= 11 is 3.80. The summed E-state index contributed by atoms with van der Waals surface area (Å²) in [4.78, 5) is 23.1. The second kappa shape index (κ2) is 8.71. The van der Waals surface area contributed by atoms with Gasteiger partial charge in [-0.25, -0.2) is 0 Å². The number of aromatic nitrogens is 4. The van der Waals surface area contributed by atoms with E-state index in [0.717, 1.165) is 9.14 Å². The number of imidazole rings is 1. The Labute approximate surface area is 191 Å². The molecule has 154 valence electrons. The van der Waals surface area contributed by atoms with Gasteiger partial charge in [0.25, 0.3) is 0 Å². The molecule has 0 amide bonds. The standard InChI is InChI=1S/C13H7F2N4O2.C6H5ClNO.Hg/c14-6-1-2-7(16)11(15)10(6)8-4-19-5-18-12(13(20)21)9(19)3-17-8;1-9-6-3-2-5(7)4-8-6;/h1-5,16H,(H,20,21);2,4H,1H3;/q-1;;+1. The Bertz CT molecular complexity index is 1320. The number of carboxylic acid groups (broad SMARTS) is 1. The number of carboxylic acids is 1. The third kappa shape index (κ3) is 4.17. The van der Waals surface area contributed by atoms with Gasteiger partial charge in [-0.3, -0.25) is 0 Å². The molecule has 3 heterocycles. The van der Waals surface area contributed by atoms with Crippen LogP contribution in [0, 0.1) is 11.6 Å². The van der Waals surface area contributed by atoms with Crippen molar-refractivity contribution < 1.29 is 48.3 Å². The molecule has 0 radical (unpaired) electrons. The molecule has 1 aromatic carbocycles. The second-order valence-electron chi connectivity index (χ2n) is 6.42. The van der Waals surface area contributed by atoms with Gasteiger partial charge in [0.15, 0.2) is 0 Å². The minimum absolute atomic E-state index is 0.000779. The molecule has 4 rings (SSSR count). The molecule has 0 fully saturated rings. The molecule has 0 aliphatic rings. The fourth-order valence-corrected chi connectivity index (χ4v) is 9.07. The first-order chi connectivity index (χ1) is 14.9. The van der Waals surface area contributed by atoms with Gasteiger partial charge in [-0.2, -0.15) is 0 Å². The molecule has 0 spiro atoms. The molecule has 0 aliphatic carbocycles. The van der Waals surface area contributed by atoms with Crippen LogP contribution in [0.3, 0.4) is 0 Å². The first-order valence-corrected chi connectivity index (χ1v) is 14.7.